The van der Waals surface area contributed by atoms with Crippen LogP contribution in [-0.2, 0) is 24.4 Å². The topological polar surface area (TPSA) is 104 Å². The number of alkyl halides is 1. The molecule has 6 rings (SSSR count). The number of hydrogen-bond acceptors (Lipinski definition) is 7. The average molecular weight is 657 g/mol. The van der Waals surface area contributed by atoms with Crippen molar-refractivity contribution in [2.75, 3.05) is 13.1 Å². The Kier molecular flexibility index (Phi) is 10.7. The van der Waals surface area contributed by atoms with Crippen LogP contribution >= 0.6 is 11.3 Å². The van der Waals surface area contributed by atoms with E-state index in [9.17, 15) is 19.1 Å². The largest absolute Gasteiger partial charge is 0.389 e. The highest BCUT2D eigenvalue weighted by atomic mass is 32.1. The van der Waals surface area contributed by atoms with E-state index < -0.39 is 24.7 Å². The van der Waals surface area contributed by atoms with Gasteiger partial charge in [-0.1, -0.05) is 60.7 Å². The minimum atomic E-state index is -0.929. The molecule has 4 aromatic rings. The number of aliphatic hydroxyl groups excluding tert-OH is 1. The minimum absolute atomic E-state index is 0.0829. The number of thiazole rings is 1. The van der Waals surface area contributed by atoms with Crippen LogP contribution < -0.4 is 10.6 Å². The van der Waals surface area contributed by atoms with Crippen molar-refractivity contribution in [1.29, 1.82) is 0 Å². The molecule has 0 aliphatic carbocycles. The zero-order chi connectivity index (χ0) is 32.8. The molecule has 3 aromatic carbocycles. The fraction of sp³-hybridized carbons (Fsp3) is 0.378. The van der Waals surface area contributed by atoms with E-state index in [2.05, 4.69) is 15.6 Å². The Bertz CT molecular complexity index is 1650. The van der Waals surface area contributed by atoms with Gasteiger partial charge in [0.15, 0.2) is 0 Å². The second-order valence-electron chi connectivity index (χ2n) is 12.5. The Morgan fingerprint density at radius 2 is 1.79 bits per heavy atom. The lowest BCUT2D eigenvalue weighted by Gasteiger charge is -2.29. The number of hydrogen-bond donors (Lipinski definition) is 3. The first-order valence-corrected chi connectivity index (χ1v) is 17.1. The molecule has 3 heterocycles. The summed E-state index contributed by atoms with van der Waals surface area (Å²) in [6, 6.07) is 23.1. The van der Waals surface area contributed by atoms with Crippen molar-refractivity contribution < 1.29 is 23.8 Å². The lowest BCUT2D eigenvalue weighted by Crippen LogP contribution is -2.52. The third-order valence-electron chi connectivity index (χ3n) is 8.98. The Hall–Kier alpha value is -3.96. The summed E-state index contributed by atoms with van der Waals surface area (Å²) >= 11 is 1.54. The first-order chi connectivity index (χ1) is 22.9. The van der Waals surface area contributed by atoms with E-state index in [-0.39, 0.29) is 40.8 Å². The van der Waals surface area contributed by atoms with Gasteiger partial charge in [-0.25, -0.2) is 9.37 Å². The number of aliphatic hydroxyl groups is 1. The number of aromatic nitrogens is 1. The van der Waals surface area contributed by atoms with Crippen molar-refractivity contribution in [1.82, 2.24) is 20.5 Å². The maximum atomic E-state index is 14.1. The van der Waals surface area contributed by atoms with Gasteiger partial charge in [0.1, 0.15) is 11.7 Å². The van der Waals surface area contributed by atoms with Gasteiger partial charge in [-0.15, -0.1) is 11.3 Å². The molecule has 8 nitrogen and oxygen atoms in total. The monoisotopic (exact) mass is 656 g/mol. The maximum absolute atomic E-state index is 14.1. The molecule has 47 heavy (non-hydrogen) atoms. The van der Waals surface area contributed by atoms with Crippen molar-refractivity contribution in [3.63, 3.8) is 0 Å². The number of aryl methyl sites for hydroxylation is 1. The van der Waals surface area contributed by atoms with Gasteiger partial charge in [-0.05, 0) is 67.5 Å². The van der Waals surface area contributed by atoms with Crippen LogP contribution in [0.5, 0.6) is 0 Å². The summed E-state index contributed by atoms with van der Waals surface area (Å²) in [4.78, 5) is 34.0. The van der Waals surface area contributed by atoms with E-state index in [1.54, 1.807) is 4.90 Å². The second kappa shape index (κ2) is 15.3. The third kappa shape index (κ3) is 8.13. The number of ether oxygens (including phenoxy) is 1. The van der Waals surface area contributed by atoms with Gasteiger partial charge in [0.05, 0.1) is 30.9 Å². The number of amides is 2. The molecule has 2 saturated heterocycles. The second-order valence-corrected chi connectivity index (χ2v) is 13.4. The molecule has 2 aliphatic rings. The molecule has 2 amide bonds. The number of benzene rings is 3. The van der Waals surface area contributed by atoms with Crippen LogP contribution in [-0.4, -0.2) is 64.2 Å². The SMILES string of the molecule is Cc1csc([C@H]2CCCN2C(=O)c2cc(CF)cc(C(=O)N[C@@H](Cc3ccccc3)[C@@H](O)[C@H]3C[C@@H](OCc4ccccc4)CN3)c2)n1. The molecule has 246 valence electrons. The van der Waals surface area contributed by atoms with Crippen molar-refractivity contribution in [2.45, 2.75) is 76.2 Å². The van der Waals surface area contributed by atoms with E-state index in [1.807, 2.05) is 73.0 Å². The maximum Gasteiger partial charge on any atom is 0.254 e. The van der Waals surface area contributed by atoms with Crippen molar-refractivity contribution in [3.05, 3.63) is 123 Å². The summed E-state index contributed by atoms with van der Waals surface area (Å²) in [6.45, 7) is 2.75. The van der Waals surface area contributed by atoms with Crippen LogP contribution in [0.15, 0.2) is 84.2 Å². The number of nitrogens with one attached hydrogen (secondary N) is 2. The lowest BCUT2D eigenvalue weighted by molar-refractivity contribution is 0.0419. The molecule has 3 N–H and O–H groups in total. The Labute approximate surface area is 279 Å². The first kappa shape index (κ1) is 33.0. The molecule has 2 fully saturated rings. The highest BCUT2D eigenvalue weighted by Gasteiger charge is 2.36. The summed E-state index contributed by atoms with van der Waals surface area (Å²) < 4.78 is 20.2. The number of nitrogens with zero attached hydrogens (tertiary/aromatic N) is 2. The summed E-state index contributed by atoms with van der Waals surface area (Å²) in [6.07, 6.45) is 1.61. The normalized spacial score (nSPS) is 20.7. The predicted molar refractivity (Wildman–Crippen MR) is 180 cm³/mol. The van der Waals surface area contributed by atoms with Crippen LogP contribution in [0.2, 0.25) is 0 Å². The molecule has 5 atom stereocenters. The number of likely N-dealkylation sites (tertiary alicyclic amines) is 1. The number of carbonyl (C=O) groups is 2. The number of rotatable bonds is 12. The van der Waals surface area contributed by atoms with E-state index >= 15 is 0 Å². The van der Waals surface area contributed by atoms with E-state index in [0.29, 0.717) is 32.5 Å². The fourth-order valence-corrected chi connectivity index (χ4v) is 7.49. The summed E-state index contributed by atoms with van der Waals surface area (Å²) in [5, 5.41) is 20.9. The summed E-state index contributed by atoms with van der Waals surface area (Å²) in [5.74, 6) is -0.722. The minimum Gasteiger partial charge on any atom is -0.389 e. The lowest BCUT2D eigenvalue weighted by atomic mass is 9.94. The van der Waals surface area contributed by atoms with Gasteiger partial charge < -0.3 is 25.4 Å². The van der Waals surface area contributed by atoms with Crippen molar-refractivity contribution in [2.24, 2.45) is 0 Å². The zero-order valence-electron chi connectivity index (χ0n) is 26.5. The highest BCUT2D eigenvalue weighted by Crippen LogP contribution is 2.35. The number of carbonyl (C=O) groups excluding carboxylic acids is 2. The number of halogens is 1. The van der Waals surface area contributed by atoms with Crippen molar-refractivity contribution in [3.8, 4) is 0 Å². The molecular weight excluding hydrogens is 615 g/mol. The van der Waals surface area contributed by atoms with Gasteiger partial charge in [-0.2, -0.15) is 0 Å². The van der Waals surface area contributed by atoms with E-state index in [4.69, 9.17) is 4.74 Å². The Balaban J connectivity index is 1.18. The van der Waals surface area contributed by atoms with Gasteiger partial charge in [0, 0.05) is 41.3 Å². The predicted octanol–water partition coefficient (Wildman–Crippen LogP) is 5.55. The third-order valence-corrected chi connectivity index (χ3v) is 10.0. The molecule has 10 heteroatoms. The quantitative estimate of drug-likeness (QED) is 0.185. The molecule has 0 saturated carbocycles. The zero-order valence-corrected chi connectivity index (χ0v) is 27.3. The Morgan fingerprint density at radius 1 is 1.06 bits per heavy atom. The van der Waals surface area contributed by atoms with E-state index in [0.717, 1.165) is 34.7 Å². The molecule has 1 aromatic heterocycles. The van der Waals surface area contributed by atoms with Gasteiger partial charge in [0.2, 0.25) is 0 Å². The van der Waals surface area contributed by atoms with Crippen LogP contribution in [0.25, 0.3) is 0 Å². The Morgan fingerprint density at radius 3 is 2.49 bits per heavy atom. The van der Waals surface area contributed by atoms with Crippen LogP contribution in [0.4, 0.5) is 4.39 Å². The fourth-order valence-electron chi connectivity index (χ4n) is 6.55. The van der Waals surface area contributed by atoms with Gasteiger partial charge in [-0.3, -0.25) is 9.59 Å². The standard InChI is InChI=1S/C37H41FN4O4S/c1-24-23-47-36(40-24)33-13-8-14-42(33)37(45)29-16-27(20-38)15-28(18-29)35(44)41-32(17-25-9-4-2-5-10-25)34(43)31-19-30(21-39-31)46-22-26-11-6-3-7-12-26/h2-7,9-12,15-16,18,23,30-34,39,43H,8,13-14,17,19-22H2,1H3,(H,41,44)/t30-,31-,32+,33-,34+/m1/s1. The molecule has 0 bridgehead atoms. The van der Waals surface area contributed by atoms with E-state index in [1.165, 1.54) is 29.5 Å². The smallest absolute Gasteiger partial charge is 0.254 e. The van der Waals surface area contributed by atoms with Crippen molar-refractivity contribution >= 4 is 23.2 Å². The van der Waals surface area contributed by atoms with Gasteiger partial charge >= 0.3 is 0 Å². The molecule has 0 radical (unpaired) electrons. The van der Waals surface area contributed by atoms with Crippen LogP contribution in [0.1, 0.15) is 73.4 Å². The summed E-state index contributed by atoms with van der Waals surface area (Å²) in [7, 11) is 0. The molecular formula is C37H41FN4O4S. The van der Waals surface area contributed by atoms with Crippen LogP contribution in [0, 0.1) is 6.92 Å². The van der Waals surface area contributed by atoms with Crippen LogP contribution in [0.3, 0.4) is 0 Å². The molecule has 0 spiro atoms. The van der Waals surface area contributed by atoms with Gasteiger partial charge in [0.25, 0.3) is 11.8 Å². The highest BCUT2D eigenvalue weighted by molar-refractivity contribution is 7.09. The average Bonchev–Trinajstić information content (AvgIpc) is 3.88. The summed E-state index contributed by atoms with van der Waals surface area (Å²) in [5.41, 5.74) is 3.64. The molecule has 0 unspecified atom stereocenters. The molecule has 2 aliphatic heterocycles. The first-order valence-electron chi connectivity index (χ1n) is 16.2.